The SMILES string of the molecule is COc1cc(C)c(Br)cc1CC#N. The number of hydrogen-bond acceptors (Lipinski definition) is 2. The fraction of sp³-hybridized carbons (Fsp3) is 0.300. The van der Waals surface area contributed by atoms with Gasteiger partial charge in [0.15, 0.2) is 0 Å². The van der Waals surface area contributed by atoms with Crippen LogP contribution in [0.5, 0.6) is 5.75 Å². The van der Waals surface area contributed by atoms with Crippen LogP contribution < -0.4 is 4.74 Å². The third kappa shape index (κ3) is 2.22. The van der Waals surface area contributed by atoms with Crippen LogP contribution >= 0.6 is 15.9 Å². The fourth-order valence-corrected chi connectivity index (χ4v) is 1.50. The first-order valence-corrected chi connectivity index (χ1v) is 4.68. The lowest BCUT2D eigenvalue weighted by atomic mass is 10.1. The van der Waals surface area contributed by atoms with Crippen LogP contribution in [0.2, 0.25) is 0 Å². The number of nitrogens with zero attached hydrogens (tertiary/aromatic N) is 1. The van der Waals surface area contributed by atoms with Gasteiger partial charge in [-0.1, -0.05) is 15.9 Å². The summed E-state index contributed by atoms with van der Waals surface area (Å²) in [5.74, 6) is 0.780. The van der Waals surface area contributed by atoms with Crippen molar-refractivity contribution in [3.05, 3.63) is 27.7 Å². The van der Waals surface area contributed by atoms with Gasteiger partial charge in [-0.15, -0.1) is 0 Å². The first kappa shape index (κ1) is 10.1. The molecule has 0 saturated heterocycles. The maximum absolute atomic E-state index is 8.58. The van der Waals surface area contributed by atoms with Gasteiger partial charge in [0.1, 0.15) is 5.75 Å². The van der Waals surface area contributed by atoms with Crippen molar-refractivity contribution in [2.45, 2.75) is 13.3 Å². The second-order valence-corrected chi connectivity index (χ2v) is 3.60. The Labute approximate surface area is 86.3 Å². The first-order chi connectivity index (χ1) is 6.19. The van der Waals surface area contributed by atoms with Crippen LogP contribution in [0.15, 0.2) is 16.6 Å². The number of methoxy groups -OCH3 is 1. The Morgan fingerprint density at radius 1 is 1.54 bits per heavy atom. The molecule has 0 spiro atoms. The van der Waals surface area contributed by atoms with Crippen molar-refractivity contribution < 1.29 is 4.74 Å². The maximum Gasteiger partial charge on any atom is 0.123 e. The normalized spacial score (nSPS) is 9.38. The molecule has 0 radical (unpaired) electrons. The van der Waals surface area contributed by atoms with E-state index in [0.29, 0.717) is 6.42 Å². The summed E-state index contributed by atoms with van der Waals surface area (Å²) in [6, 6.07) is 5.96. The van der Waals surface area contributed by atoms with E-state index in [-0.39, 0.29) is 0 Å². The van der Waals surface area contributed by atoms with E-state index in [1.165, 1.54) is 0 Å². The first-order valence-electron chi connectivity index (χ1n) is 3.89. The van der Waals surface area contributed by atoms with E-state index >= 15 is 0 Å². The van der Waals surface area contributed by atoms with Crippen LogP contribution in [0.3, 0.4) is 0 Å². The van der Waals surface area contributed by atoms with E-state index in [9.17, 15) is 0 Å². The van der Waals surface area contributed by atoms with Gasteiger partial charge in [0.05, 0.1) is 19.6 Å². The molecule has 0 aliphatic carbocycles. The minimum atomic E-state index is 0.377. The number of nitriles is 1. The van der Waals surface area contributed by atoms with E-state index in [1.807, 2.05) is 19.1 Å². The monoisotopic (exact) mass is 239 g/mol. The summed E-state index contributed by atoms with van der Waals surface area (Å²) in [6.45, 7) is 1.99. The lowest BCUT2D eigenvalue weighted by Gasteiger charge is -2.08. The lowest BCUT2D eigenvalue weighted by Crippen LogP contribution is -1.92. The van der Waals surface area contributed by atoms with Crippen LogP contribution in [0.1, 0.15) is 11.1 Å². The molecule has 13 heavy (non-hydrogen) atoms. The Bertz CT molecular complexity index is 355. The van der Waals surface area contributed by atoms with Crippen LogP contribution in [0, 0.1) is 18.3 Å². The minimum Gasteiger partial charge on any atom is -0.496 e. The molecule has 2 nitrogen and oxygen atoms in total. The van der Waals surface area contributed by atoms with E-state index < -0.39 is 0 Å². The Kier molecular flexibility index (Phi) is 3.32. The summed E-state index contributed by atoms with van der Waals surface area (Å²) >= 11 is 3.41. The largest absolute Gasteiger partial charge is 0.496 e. The molecule has 3 heteroatoms. The summed E-state index contributed by atoms with van der Waals surface area (Å²) in [5, 5.41) is 8.58. The van der Waals surface area contributed by atoms with Gasteiger partial charge in [0.2, 0.25) is 0 Å². The number of ether oxygens (including phenoxy) is 1. The van der Waals surface area contributed by atoms with Gasteiger partial charge in [-0.2, -0.15) is 5.26 Å². The average Bonchev–Trinajstić information content (AvgIpc) is 2.11. The fourth-order valence-electron chi connectivity index (χ4n) is 1.11. The van der Waals surface area contributed by atoms with Crippen molar-refractivity contribution in [1.82, 2.24) is 0 Å². The molecule has 0 aromatic heterocycles. The topological polar surface area (TPSA) is 33.0 Å². The van der Waals surface area contributed by atoms with E-state index in [4.69, 9.17) is 10.00 Å². The highest BCUT2D eigenvalue weighted by molar-refractivity contribution is 9.10. The average molecular weight is 240 g/mol. The Morgan fingerprint density at radius 3 is 2.77 bits per heavy atom. The van der Waals surface area contributed by atoms with Crippen LogP contribution in [0.25, 0.3) is 0 Å². The predicted molar refractivity (Wildman–Crippen MR) is 54.7 cm³/mol. The zero-order chi connectivity index (χ0) is 9.84. The highest BCUT2D eigenvalue weighted by atomic mass is 79.9. The molecule has 0 unspecified atom stereocenters. The van der Waals surface area contributed by atoms with Gasteiger partial charge >= 0.3 is 0 Å². The summed E-state index contributed by atoms with van der Waals surface area (Å²) in [6.07, 6.45) is 0.377. The Morgan fingerprint density at radius 2 is 2.23 bits per heavy atom. The van der Waals surface area contributed by atoms with E-state index in [1.54, 1.807) is 7.11 Å². The number of hydrogen-bond donors (Lipinski definition) is 0. The number of aryl methyl sites for hydroxylation is 1. The quantitative estimate of drug-likeness (QED) is 0.796. The standard InChI is InChI=1S/C10H10BrNO/c1-7-5-10(13-2)8(3-4-12)6-9(7)11/h5-6H,3H2,1-2H3. The Balaban J connectivity index is 3.18. The lowest BCUT2D eigenvalue weighted by molar-refractivity contribution is 0.410. The molecule has 1 aromatic carbocycles. The van der Waals surface area contributed by atoms with Gasteiger partial charge in [0, 0.05) is 10.0 Å². The van der Waals surface area contributed by atoms with Crippen molar-refractivity contribution in [3.8, 4) is 11.8 Å². The third-order valence-electron chi connectivity index (χ3n) is 1.83. The summed E-state index contributed by atoms with van der Waals surface area (Å²) in [4.78, 5) is 0. The molecular formula is C10H10BrNO. The van der Waals surface area contributed by atoms with Crippen LogP contribution in [-0.4, -0.2) is 7.11 Å². The molecule has 1 aromatic rings. The Hall–Kier alpha value is -1.01. The number of benzene rings is 1. The molecule has 68 valence electrons. The summed E-state index contributed by atoms with van der Waals surface area (Å²) < 4.78 is 6.17. The smallest absolute Gasteiger partial charge is 0.123 e. The summed E-state index contributed by atoms with van der Waals surface area (Å²) in [5.41, 5.74) is 2.03. The summed E-state index contributed by atoms with van der Waals surface area (Å²) in [7, 11) is 1.61. The van der Waals surface area contributed by atoms with Crippen molar-refractivity contribution in [1.29, 1.82) is 5.26 Å². The van der Waals surface area contributed by atoms with Crippen molar-refractivity contribution in [2.75, 3.05) is 7.11 Å². The molecule has 0 bridgehead atoms. The number of halogens is 1. The van der Waals surface area contributed by atoms with Crippen LogP contribution in [-0.2, 0) is 6.42 Å². The highest BCUT2D eigenvalue weighted by Crippen LogP contribution is 2.26. The second-order valence-electron chi connectivity index (χ2n) is 2.75. The van der Waals surface area contributed by atoms with E-state index in [0.717, 1.165) is 21.3 Å². The van der Waals surface area contributed by atoms with Gasteiger partial charge < -0.3 is 4.74 Å². The molecule has 0 aliphatic rings. The predicted octanol–water partition coefficient (Wildman–Crippen LogP) is 2.83. The van der Waals surface area contributed by atoms with Crippen molar-refractivity contribution in [3.63, 3.8) is 0 Å². The molecule has 0 fully saturated rings. The molecule has 0 atom stereocenters. The highest BCUT2D eigenvalue weighted by Gasteiger charge is 2.05. The third-order valence-corrected chi connectivity index (χ3v) is 2.69. The van der Waals surface area contributed by atoms with Gasteiger partial charge in [-0.05, 0) is 24.6 Å². The zero-order valence-electron chi connectivity index (χ0n) is 7.60. The molecule has 1 rings (SSSR count). The molecule has 0 amide bonds. The zero-order valence-corrected chi connectivity index (χ0v) is 9.18. The van der Waals surface area contributed by atoms with Gasteiger partial charge in [0.25, 0.3) is 0 Å². The molecule has 0 N–H and O–H groups in total. The maximum atomic E-state index is 8.58. The molecular weight excluding hydrogens is 230 g/mol. The second kappa shape index (κ2) is 4.29. The van der Waals surface area contributed by atoms with E-state index in [2.05, 4.69) is 22.0 Å². The molecule has 0 saturated carbocycles. The number of rotatable bonds is 2. The van der Waals surface area contributed by atoms with Crippen molar-refractivity contribution in [2.24, 2.45) is 0 Å². The van der Waals surface area contributed by atoms with Crippen LogP contribution in [0.4, 0.5) is 0 Å². The van der Waals surface area contributed by atoms with Gasteiger partial charge in [-0.3, -0.25) is 0 Å². The van der Waals surface area contributed by atoms with Crippen molar-refractivity contribution >= 4 is 15.9 Å². The van der Waals surface area contributed by atoms with Gasteiger partial charge in [-0.25, -0.2) is 0 Å². The minimum absolute atomic E-state index is 0.377. The molecule has 0 heterocycles. The molecule has 0 aliphatic heterocycles.